The maximum atomic E-state index is 8.92. The van der Waals surface area contributed by atoms with Gasteiger partial charge in [0.1, 0.15) is 10.4 Å². The summed E-state index contributed by atoms with van der Waals surface area (Å²) in [7, 11) is 1.60. The zero-order valence-electron chi connectivity index (χ0n) is 12.4. The molecule has 1 heterocycles. The first-order valence-electron chi connectivity index (χ1n) is 7.13. The predicted molar refractivity (Wildman–Crippen MR) is 76.4 cm³/mol. The van der Waals surface area contributed by atoms with Gasteiger partial charge in [-0.15, -0.1) is 0 Å². The summed E-state index contributed by atoms with van der Waals surface area (Å²) in [6, 6.07) is 4.22. The van der Waals surface area contributed by atoms with Crippen molar-refractivity contribution in [1.82, 2.24) is 10.1 Å². The molecule has 5 nitrogen and oxygen atoms in total. The molecule has 108 valence electrons. The molecule has 1 N–H and O–H groups in total. The third kappa shape index (κ3) is 2.88. The van der Waals surface area contributed by atoms with E-state index < -0.39 is 0 Å². The molecule has 0 fully saturated rings. The summed E-state index contributed by atoms with van der Waals surface area (Å²) in [6.07, 6.45) is 3.27. The number of fused-ring (bicyclic) bond motifs is 1. The number of aliphatic hydroxyl groups excluding tert-OH is 1. The van der Waals surface area contributed by atoms with Crippen LogP contribution in [0.3, 0.4) is 0 Å². The molecule has 0 aliphatic carbocycles. The van der Waals surface area contributed by atoms with Crippen LogP contribution in [0.15, 0.2) is 12.1 Å². The van der Waals surface area contributed by atoms with Crippen LogP contribution >= 0.6 is 0 Å². The van der Waals surface area contributed by atoms with Crippen LogP contribution in [0.4, 0.5) is 0 Å². The fourth-order valence-corrected chi connectivity index (χ4v) is 2.37. The fraction of sp³-hybridized carbons (Fsp3) is 0.533. The fourth-order valence-electron chi connectivity index (χ4n) is 2.37. The van der Waals surface area contributed by atoms with E-state index in [1.54, 1.807) is 7.11 Å². The second-order valence-corrected chi connectivity index (χ2v) is 4.73. The number of hydrogen-bond acceptors (Lipinski definition) is 4. The molecule has 0 aliphatic heterocycles. The van der Waals surface area contributed by atoms with Gasteiger partial charge in [0, 0.05) is 19.1 Å². The monoisotopic (exact) mass is 276 g/mol. The van der Waals surface area contributed by atoms with Crippen molar-refractivity contribution in [3.63, 3.8) is 0 Å². The van der Waals surface area contributed by atoms with E-state index in [1.165, 1.54) is 16.0 Å². The first kappa shape index (κ1) is 14.7. The Hall–Kier alpha value is -1.75. The van der Waals surface area contributed by atoms with Crippen LogP contribution in [0.25, 0.3) is 11.0 Å². The van der Waals surface area contributed by atoms with Crippen LogP contribution in [-0.4, -0.2) is 28.9 Å². The normalized spacial score (nSPS) is 11.0. The highest BCUT2D eigenvalue weighted by Gasteiger charge is 2.18. The van der Waals surface area contributed by atoms with Gasteiger partial charge in [-0.1, -0.05) is 13.8 Å². The molecule has 0 radical (unpaired) electrons. The van der Waals surface area contributed by atoms with Crippen molar-refractivity contribution in [1.29, 1.82) is 0 Å². The average molecular weight is 276 g/mol. The number of aryl methyl sites for hydroxylation is 3. The number of nitrogens with zero attached hydrogens (tertiary/aromatic N) is 3. The number of benzene rings is 1. The summed E-state index contributed by atoms with van der Waals surface area (Å²) < 4.78 is 0. The van der Waals surface area contributed by atoms with Gasteiger partial charge in [-0.25, -0.2) is 9.82 Å². The van der Waals surface area contributed by atoms with Crippen LogP contribution in [0, 0.1) is 0 Å². The first-order valence-corrected chi connectivity index (χ1v) is 7.13. The van der Waals surface area contributed by atoms with Crippen molar-refractivity contribution in [3.8, 4) is 0 Å². The summed E-state index contributed by atoms with van der Waals surface area (Å²) in [4.78, 5) is 11.4. The van der Waals surface area contributed by atoms with E-state index in [1.807, 2.05) is 0 Å². The zero-order valence-corrected chi connectivity index (χ0v) is 12.4. The molecule has 0 unspecified atom stereocenters. The Morgan fingerprint density at radius 3 is 2.50 bits per heavy atom. The van der Waals surface area contributed by atoms with E-state index in [2.05, 4.69) is 36.1 Å². The van der Waals surface area contributed by atoms with Gasteiger partial charge in [-0.05, 0) is 36.5 Å². The summed E-state index contributed by atoms with van der Waals surface area (Å²) in [5, 5.41) is 13.3. The largest absolute Gasteiger partial charge is 0.396 e. The maximum Gasteiger partial charge on any atom is 0.315 e. The van der Waals surface area contributed by atoms with Gasteiger partial charge >= 0.3 is 5.52 Å². The summed E-state index contributed by atoms with van der Waals surface area (Å²) in [5.74, 6) is 0.694. The lowest BCUT2D eigenvalue weighted by atomic mass is 10.0. The molecule has 0 spiro atoms. The summed E-state index contributed by atoms with van der Waals surface area (Å²) >= 11 is 0. The Morgan fingerprint density at radius 1 is 1.20 bits per heavy atom. The minimum absolute atomic E-state index is 0.142. The highest BCUT2D eigenvalue weighted by atomic mass is 16.7. The molecular weight excluding hydrogens is 254 g/mol. The molecule has 1 aromatic heterocycles. The number of rotatable bonds is 6. The molecule has 0 aliphatic rings. The first-order chi connectivity index (χ1) is 9.73. The van der Waals surface area contributed by atoms with Crippen LogP contribution in [-0.2, 0) is 19.3 Å². The van der Waals surface area contributed by atoms with Crippen LogP contribution in [0.2, 0.25) is 0 Å². The Labute approximate surface area is 119 Å². The molecule has 20 heavy (non-hydrogen) atoms. The van der Waals surface area contributed by atoms with Gasteiger partial charge in [0.25, 0.3) is 0 Å². The molecule has 0 atom stereocenters. The number of aromatic nitrogens is 3. The van der Waals surface area contributed by atoms with Crippen LogP contribution in [0.1, 0.15) is 37.2 Å². The smallest absolute Gasteiger partial charge is 0.315 e. The Bertz CT molecular complexity index is 599. The van der Waals surface area contributed by atoms with Crippen molar-refractivity contribution in [2.24, 2.45) is 0 Å². The predicted octanol–water partition coefficient (Wildman–Crippen LogP) is 1.03. The standard InChI is InChI=1S/C15H22N3O2/c1-4-11-9-13-14(10-12(11)5-2)18(20-3)17-15(16-13)7-6-8-19/h9-10,19H,4-8H2,1-3H3/q+1. The lowest BCUT2D eigenvalue weighted by Crippen LogP contribution is -2.46. The molecule has 0 saturated carbocycles. The van der Waals surface area contributed by atoms with E-state index in [4.69, 9.17) is 9.94 Å². The molecule has 1 aromatic carbocycles. The molecule has 2 rings (SSSR count). The van der Waals surface area contributed by atoms with Crippen molar-refractivity contribution >= 4 is 11.0 Å². The SMILES string of the molecule is CCc1cc2nc(CCCO)n[n+](OC)c2cc1CC. The molecule has 0 saturated heterocycles. The molecule has 0 bridgehead atoms. The molecule has 0 amide bonds. The topological polar surface area (TPSA) is 59.1 Å². The van der Waals surface area contributed by atoms with Crippen LogP contribution in [0.5, 0.6) is 0 Å². The Morgan fingerprint density at radius 2 is 1.90 bits per heavy atom. The van der Waals surface area contributed by atoms with Gasteiger partial charge in [-0.3, -0.25) is 0 Å². The second-order valence-electron chi connectivity index (χ2n) is 4.73. The minimum atomic E-state index is 0.142. The number of hydrogen-bond donors (Lipinski definition) is 1. The van der Waals surface area contributed by atoms with E-state index in [-0.39, 0.29) is 6.61 Å². The van der Waals surface area contributed by atoms with Crippen molar-refractivity contribution in [2.75, 3.05) is 13.7 Å². The van der Waals surface area contributed by atoms with E-state index in [0.717, 1.165) is 23.9 Å². The Kier molecular flexibility index (Phi) is 4.84. The Balaban J connectivity index is 2.58. The van der Waals surface area contributed by atoms with Crippen molar-refractivity contribution in [2.45, 2.75) is 39.5 Å². The zero-order chi connectivity index (χ0) is 14.5. The van der Waals surface area contributed by atoms with Gasteiger partial charge in [0.05, 0.1) is 5.10 Å². The van der Waals surface area contributed by atoms with E-state index in [0.29, 0.717) is 18.7 Å². The second kappa shape index (κ2) is 6.61. The van der Waals surface area contributed by atoms with Gasteiger partial charge in [0.15, 0.2) is 7.11 Å². The molecule has 5 heteroatoms. The molecule has 2 aromatic rings. The van der Waals surface area contributed by atoms with Crippen molar-refractivity contribution in [3.05, 3.63) is 29.1 Å². The van der Waals surface area contributed by atoms with Gasteiger partial charge in [0.2, 0.25) is 5.82 Å². The maximum absolute atomic E-state index is 8.92. The quantitative estimate of drug-likeness (QED) is 0.801. The highest BCUT2D eigenvalue weighted by molar-refractivity contribution is 5.73. The van der Waals surface area contributed by atoms with Crippen molar-refractivity contribution < 1.29 is 14.8 Å². The minimum Gasteiger partial charge on any atom is -0.396 e. The third-order valence-corrected chi connectivity index (χ3v) is 3.45. The number of aliphatic hydroxyl groups is 1. The van der Waals surface area contributed by atoms with Crippen LogP contribution < -0.4 is 9.68 Å². The van der Waals surface area contributed by atoms with Gasteiger partial charge in [-0.2, -0.15) is 0 Å². The lowest BCUT2D eigenvalue weighted by Gasteiger charge is -2.06. The van der Waals surface area contributed by atoms with E-state index >= 15 is 0 Å². The molecular formula is C15H22N3O2+. The van der Waals surface area contributed by atoms with Gasteiger partial charge < -0.3 is 5.11 Å². The highest BCUT2D eigenvalue weighted by Crippen LogP contribution is 2.17. The lowest BCUT2D eigenvalue weighted by molar-refractivity contribution is -0.911. The third-order valence-electron chi connectivity index (χ3n) is 3.45. The summed E-state index contributed by atoms with van der Waals surface area (Å²) in [5.41, 5.74) is 4.39. The summed E-state index contributed by atoms with van der Waals surface area (Å²) in [6.45, 7) is 4.44. The van der Waals surface area contributed by atoms with E-state index in [9.17, 15) is 0 Å². The average Bonchev–Trinajstić information content (AvgIpc) is 2.50.